The molecule has 0 spiro atoms. The second-order valence-corrected chi connectivity index (χ2v) is 6.87. The first-order valence-corrected chi connectivity index (χ1v) is 8.42. The fourth-order valence-corrected chi connectivity index (χ4v) is 4.06. The number of halogens is 3. The molecular formula is C15H18F3N3OS. The molecule has 0 fully saturated rings. The number of fused-ring (bicyclic) bond motifs is 3. The third-order valence-electron chi connectivity index (χ3n) is 3.77. The minimum absolute atomic E-state index is 0.0304. The van der Waals surface area contributed by atoms with Crippen LogP contribution >= 0.6 is 11.3 Å². The average Bonchev–Trinajstić information content (AvgIpc) is 2.85. The van der Waals surface area contributed by atoms with Crippen molar-refractivity contribution in [2.45, 2.75) is 44.8 Å². The number of nitrogens with zero attached hydrogens (tertiary/aromatic N) is 2. The van der Waals surface area contributed by atoms with Gasteiger partial charge in [-0.15, -0.1) is 11.3 Å². The highest BCUT2D eigenvalue weighted by Crippen LogP contribution is 2.38. The molecule has 1 N–H and O–H groups in total. The van der Waals surface area contributed by atoms with Gasteiger partial charge >= 0.3 is 6.18 Å². The van der Waals surface area contributed by atoms with E-state index in [1.807, 2.05) is 0 Å². The Morgan fingerprint density at radius 3 is 2.87 bits per heavy atom. The molecule has 0 aliphatic heterocycles. The zero-order valence-electron chi connectivity index (χ0n) is 12.7. The molecule has 8 heteroatoms. The van der Waals surface area contributed by atoms with Crippen LogP contribution in [0.3, 0.4) is 0 Å². The third kappa shape index (κ3) is 3.92. The minimum Gasteiger partial charge on any atom is -0.370 e. The summed E-state index contributed by atoms with van der Waals surface area (Å²) in [4.78, 5) is 10.9. The fraction of sp³-hybridized carbons (Fsp3) is 0.600. The first kappa shape index (κ1) is 16.4. The predicted octanol–water partition coefficient (Wildman–Crippen LogP) is 3.95. The minimum atomic E-state index is -4.30. The second-order valence-electron chi connectivity index (χ2n) is 5.79. The first-order chi connectivity index (χ1) is 10.9. The number of nitrogens with one attached hydrogen (secondary N) is 1. The molecule has 0 saturated heterocycles. The largest absolute Gasteiger partial charge is 0.411 e. The van der Waals surface area contributed by atoms with Gasteiger partial charge in [0.2, 0.25) is 0 Å². The maximum absolute atomic E-state index is 12.1. The predicted molar refractivity (Wildman–Crippen MR) is 84.0 cm³/mol. The quantitative estimate of drug-likeness (QED) is 0.891. The Bertz CT molecular complexity index is 686. The van der Waals surface area contributed by atoms with Gasteiger partial charge in [-0.2, -0.15) is 13.2 Å². The summed E-state index contributed by atoms with van der Waals surface area (Å²) in [6.45, 7) is 0.520. The molecule has 0 bridgehead atoms. The number of aryl methyl sites for hydroxylation is 2. The Morgan fingerprint density at radius 2 is 2.09 bits per heavy atom. The van der Waals surface area contributed by atoms with Crippen molar-refractivity contribution in [2.24, 2.45) is 0 Å². The van der Waals surface area contributed by atoms with E-state index >= 15 is 0 Å². The van der Waals surface area contributed by atoms with E-state index in [1.54, 1.807) is 18.3 Å². The van der Waals surface area contributed by atoms with Crippen molar-refractivity contribution in [1.29, 1.82) is 0 Å². The van der Waals surface area contributed by atoms with E-state index in [1.165, 1.54) is 23.2 Å². The molecule has 126 valence electrons. The molecule has 4 nitrogen and oxygen atoms in total. The molecule has 23 heavy (non-hydrogen) atoms. The molecule has 0 aromatic carbocycles. The molecule has 1 aliphatic rings. The first-order valence-electron chi connectivity index (χ1n) is 7.60. The van der Waals surface area contributed by atoms with E-state index in [-0.39, 0.29) is 12.6 Å². The van der Waals surface area contributed by atoms with Gasteiger partial charge in [-0.25, -0.2) is 9.97 Å². The van der Waals surface area contributed by atoms with Gasteiger partial charge in [-0.1, -0.05) is 0 Å². The maximum atomic E-state index is 12.1. The van der Waals surface area contributed by atoms with E-state index in [2.05, 4.69) is 15.3 Å². The Morgan fingerprint density at radius 1 is 1.30 bits per heavy atom. The summed E-state index contributed by atoms with van der Waals surface area (Å²) in [5.74, 6) is 0.692. The summed E-state index contributed by atoms with van der Waals surface area (Å²) in [5, 5.41) is 4.19. The van der Waals surface area contributed by atoms with Crippen LogP contribution in [0.5, 0.6) is 0 Å². The van der Waals surface area contributed by atoms with Crippen LogP contribution in [0.4, 0.5) is 19.0 Å². The van der Waals surface area contributed by atoms with Crippen molar-refractivity contribution in [3.63, 3.8) is 0 Å². The molecule has 0 amide bonds. The average molecular weight is 345 g/mol. The summed E-state index contributed by atoms with van der Waals surface area (Å²) in [5.41, 5.74) is 1.29. The van der Waals surface area contributed by atoms with E-state index in [0.717, 1.165) is 29.5 Å². The molecule has 2 heterocycles. The zero-order chi connectivity index (χ0) is 16.4. The van der Waals surface area contributed by atoms with Crippen molar-refractivity contribution in [2.75, 3.05) is 18.5 Å². The molecule has 0 unspecified atom stereocenters. The van der Waals surface area contributed by atoms with Gasteiger partial charge in [0.15, 0.2) is 0 Å². The molecule has 2 aromatic heterocycles. The van der Waals surface area contributed by atoms with Crippen LogP contribution in [0.15, 0.2) is 6.33 Å². The third-order valence-corrected chi connectivity index (χ3v) is 4.97. The molecule has 1 atom stereocenters. The summed E-state index contributed by atoms with van der Waals surface area (Å²) < 4.78 is 41.1. The Kier molecular flexibility index (Phi) is 4.72. The molecule has 0 saturated carbocycles. The maximum Gasteiger partial charge on any atom is 0.411 e. The van der Waals surface area contributed by atoms with E-state index in [4.69, 9.17) is 4.74 Å². The Labute approximate surface area is 136 Å². The lowest BCUT2D eigenvalue weighted by Crippen LogP contribution is -2.26. The van der Waals surface area contributed by atoms with Gasteiger partial charge in [-0.3, -0.25) is 0 Å². The van der Waals surface area contributed by atoms with Crippen LogP contribution < -0.4 is 5.32 Å². The normalized spacial score (nSPS) is 16.3. The van der Waals surface area contributed by atoms with Crippen molar-refractivity contribution in [3.8, 4) is 0 Å². The van der Waals surface area contributed by atoms with Crippen LogP contribution in [0.1, 0.15) is 30.2 Å². The van der Waals surface area contributed by atoms with Gasteiger partial charge in [0.1, 0.15) is 23.6 Å². The van der Waals surface area contributed by atoms with E-state index < -0.39 is 12.8 Å². The highest BCUT2D eigenvalue weighted by atomic mass is 32.1. The van der Waals surface area contributed by atoms with Crippen LogP contribution in [0.25, 0.3) is 10.2 Å². The number of hydrogen-bond donors (Lipinski definition) is 1. The molecule has 3 rings (SSSR count). The van der Waals surface area contributed by atoms with Gasteiger partial charge in [0.05, 0.1) is 12.0 Å². The number of rotatable bonds is 5. The lowest BCUT2D eigenvalue weighted by Gasteiger charge is -2.17. The lowest BCUT2D eigenvalue weighted by atomic mass is 9.97. The second kappa shape index (κ2) is 6.60. The fourth-order valence-electron chi connectivity index (χ4n) is 2.83. The van der Waals surface area contributed by atoms with Crippen molar-refractivity contribution in [1.82, 2.24) is 9.97 Å². The van der Waals surface area contributed by atoms with Crippen molar-refractivity contribution in [3.05, 3.63) is 16.8 Å². The molecule has 1 aliphatic carbocycles. The SMILES string of the molecule is C[C@H](COCC(F)(F)F)Nc1ncnc2sc3c(c12)CCCC3. The summed E-state index contributed by atoms with van der Waals surface area (Å²) >= 11 is 1.69. The van der Waals surface area contributed by atoms with Gasteiger partial charge in [-0.05, 0) is 38.2 Å². The lowest BCUT2D eigenvalue weighted by molar-refractivity contribution is -0.174. The van der Waals surface area contributed by atoms with Gasteiger partial charge < -0.3 is 10.1 Å². The van der Waals surface area contributed by atoms with E-state index in [9.17, 15) is 13.2 Å². The monoisotopic (exact) mass is 345 g/mol. The number of thiophene rings is 1. The van der Waals surface area contributed by atoms with Gasteiger partial charge in [0.25, 0.3) is 0 Å². The van der Waals surface area contributed by atoms with Crippen LogP contribution in [0.2, 0.25) is 0 Å². The highest BCUT2D eigenvalue weighted by molar-refractivity contribution is 7.19. The molecular weight excluding hydrogens is 327 g/mol. The van der Waals surface area contributed by atoms with Crippen molar-refractivity contribution >= 4 is 27.4 Å². The van der Waals surface area contributed by atoms with Crippen molar-refractivity contribution < 1.29 is 17.9 Å². The highest BCUT2D eigenvalue weighted by Gasteiger charge is 2.27. The number of anilines is 1. The number of ether oxygens (including phenoxy) is 1. The van der Waals surface area contributed by atoms with Crippen LogP contribution in [-0.4, -0.2) is 35.4 Å². The topological polar surface area (TPSA) is 47.0 Å². The number of aromatic nitrogens is 2. The summed E-state index contributed by atoms with van der Waals surface area (Å²) in [7, 11) is 0. The summed E-state index contributed by atoms with van der Waals surface area (Å²) in [6, 6.07) is -0.269. The Balaban J connectivity index is 1.74. The zero-order valence-corrected chi connectivity index (χ0v) is 13.6. The smallest absolute Gasteiger partial charge is 0.370 e. The summed E-state index contributed by atoms with van der Waals surface area (Å²) in [6.07, 6.45) is 1.62. The number of alkyl halides is 3. The van der Waals surface area contributed by atoms with Crippen LogP contribution in [0, 0.1) is 0 Å². The van der Waals surface area contributed by atoms with Crippen LogP contribution in [-0.2, 0) is 17.6 Å². The molecule has 0 radical (unpaired) electrons. The van der Waals surface area contributed by atoms with E-state index in [0.29, 0.717) is 5.82 Å². The number of hydrogen-bond acceptors (Lipinski definition) is 5. The standard InChI is InChI=1S/C15H18F3N3OS/c1-9(6-22-7-15(16,17)18)21-13-12-10-4-2-3-5-11(10)23-14(12)20-8-19-13/h8-9H,2-7H2,1H3,(H,19,20,21)/t9-/m1/s1. The molecule has 2 aromatic rings. The van der Waals surface area contributed by atoms with Gasteiger partial charge in [0, 0.05) is 10.9 Å². The Hall–Kier alpha value is -1.41.